The van der Waals surface area contributed by atoms with Crippen molar-refractivity contribution >= 4 is 28.8 Å². The van der Waals surface area contributed by atoms with Crippen molar-refractivity contribution in [3.8, 4) is 0 Å². The van der Waals surface area contributed by atoms with Gasteiger partial charge in [-0.05, 0) is 71.3 Å². The first-order valence-corrected chi connectivity index (χ1v) is 8.08. The van der Waals surface area contributed by atoms with Gasteiger partial charge in [0.05, 0.1) is 11.9 Å². The van der Waals surface area contributed by atoms with E-state index in [0.717, 1.165) is 18.1 Å². The molecule has 0 aliphatic carbocycles. The van der Waals surface area contributed by atoms with Gasteiger partial charge in [-0.2, -0.15) is 0 Å². The van der Waals surface area contributed by atoms with Crippen molar-refractivity contribution in [3.05, 3.63) is 18.3 Å². The Balaban J connectivity index is 1.97. The van der Waals surface area contributed by atoms with E-state index in [1.807, 2.05) is 12.3 Å². The zero-order valence-corrected chi connectivity index (χ0v) is 14.3. The second-order valence-electron chi connectivity index (χ2n) is 6.77. The van der Waals surface area contributed by atoms with E-state index in [9.17, 15) is 0 Å². The molecular weight excluding hydrogens is 280 g/mol. The lowest BCUT2D eigenvalue weighted by molar-refractivity contribution is 0.481. The third kappa shape index (κ3) is 4.84. The van der Waals surface area contributed by atoms with Crippen LogP contribution in [0.25, 0.3) is 0 Å². The van der Waals surface area contributed by atoms with E-state index in [1.165, 1.54) is 19.3 Å². The number of thiocarbonyl (C=S) groups is 1. The Morgan fingerprint density at radius 2 is 2.10 bits per heavy atom. The van der Waals surface area contributed by atoms with Gasteiger partial charge in [0.25, 0.3) is 0 Å². The van der Waals surface area contributed by atoms with Crippen LogP contribution < -0.4 is 15.5 Å². The highest BCUT2D eigenvalue weighted by Gasteiger charge is 2.19. The summed E-state index contributed by atoms with van der Waals surface area (Å²) in [4.78, 5) is 6.97. The quantitative estimate of drug-likeness (QED) is 0.818. The molecule has 0 unspecified atom stereocenters. The molecule has 0 radical (unpaired) electrons. The summed E-state index contributed by atoms with van der Waals surface area (Å²) >= 11 is 5.30. The monoisotopic (exact) mass is 306 g/mol. The topological polar surface area (TPSA) is 40.2 Å². The number of nitrogens with zero attached hydrogens (tertiary/aromatic N) is 2. The van der Waals surface area contributed by atoms with Crippen molar-refractivity contribution in [3.63, 3.8) is 0 Å². The van der Waals surface area contributed by atoms with Crippen molar-refractivity contribution < 1.29 is 0 Å². The highest BCUT2D eigenvalue weighted by Crippen LogP contribution is 2.23. The van der Waals surface area contributed by atoms with E-state index >= 15 is 0 Å². The minimum Gasteiger partial charge on any atom is -0.358 e. The van der Waals surface area contributed by atoms with Crippen molar-refractivity contribution in [1.82, 2.24) is 10.3 Å². The lowest BCUT2D eigenvalue weighted by Crippen LogP contribution is -2.43. The van der Waals surface area contributed by atoms with Gasteiger partial charge in [0.1, 0.15) is 5.82 Å². The molecule has 1 aliphatic rings. The van der Waals surface area contributed by atoms with E-state index in [0.29, 0.717) is 11.2 Å². The Kier molecular flexibility index (Phi) is 5.04. The molecule has 2 heterocycles. The first kappa shape index (κ1) is 16.0. The lowest BCUT2D eigenvalue weighted by atomic mass is 10.0. The molecule has 1 fully saturated rings. The molecule has 5 heteroatoms. The largest absolute Gasteiger partial charge is 0.358 e. The summed E-state index contributed by atoms with van der Waals surface area (Å²) in [6.45, 7) is 9.63. The van der Waals surface area contributed by atoms with Gasteiger partial charge in [0.15, 0.2) is 5.11 Å². The van der Waals surface area contributed by atoms with Gasteiger partial charge in [-0.15, -0.1) is 0 Å². The summed E-state index contributed by atoms with van der Waals surface area (Å²) in [5, 5.41) is 7.04. The number of pyridine rings is 1. The van der Waals surface area contributed by atoms with Gasteiger partial charge >= 0.3 is 0 Å². The maximum absolute atomic E-state index is 5.30. The van der Waals surface area contributed by atoms with Crippen LogP contribution in [0.15, 0.2) is 18.3 Å². The van der Waals surface area contributed by atoms with Crippen LogP contribution in [0.4, 0.5) is 11.5 Å². The first-order valence-electron chi connectivity index (χ1n) is 7.67. The van der Waals surface area contributed by atoms with Crippen molar-refractivity contribution in [2.24, 2.45) is 0 Å². The Morgan fingerprint density at radius 1 is 1.33 bits per heavy atom. The Morgan fingerprint density at radius 3 is 2.67 bits per heavy atom. The molecule has 1 aromatic rings. The summed E-state index contributed by atoms with van der Waals surface area (Å²) in [5.41, 5.74) is 0.880. The average molecular weight is 306 g/mol. The first-order chi connectivity index (χ1) is 9.85. The van der Waals surface area contributed by atoms with Gasteiger partial charge < -0.3 is 15.5 Å². The Hall–Kier alpha value is -1.36. The molecule has 1 aliphatic heterocycles. The van der Waals surface area contributed by atoms with Gasteiger partial charge in [-0.1, -0.05) is 0 Å². The zero-order valence-electron chi connectivity index (χ0n) is 13.4. The number of aromatic nitrogens is 1. The van der Waals surface area contributed by atoms with Gasteiger partial charge in [0, 0.05) is 18.1 Å². The fourth-order valence-electron chi connectivity index (χ4n) is 2.57. The van der Waals surface area contributed by atoms with Crippen molar-refractivity contribution in [2.45, 2.75) is 58.5 Å². The number of rotatable bonds is 2. The molecule has 0 bridgehead atoms. The number of anilines is 2. The average Bonchev–Trinajstić information content (AvgIpc) is 2.38. The molecule has 1 aromatic heterocycles. The highest BCUT2D eigenvalue weighted by molar-refractivity contribution is 7.80. The zero-order chi connectivity index (χ0) is 15.5. The molecule has 2 rings (SSSR count). The predicted molar refractivity (Wildman–Crippen MR) is 94.0 cm³/mol. The van der Waals surface area contributed by atoms with Crippen LogP contribution in [-0.4, -0.2) is 28.2 Å². The van der Waals surface area contributed by atoms with E-state index in [-0.39, 0.29) is 5.54 Å². The summed E-state index contributed by atoms with van der Waals surface area (Å²) in [5.74, 6) is 1.06. The molecule has 0 spiro atoms. The molecule has 0 amide bonds. The number of piperidine rings is 1. The van der Waals surface area contributed by atoms with E-state index in [4.69, 9.17) is 12.2 Å². The number of hydrogen-bond donors (Lipinski definition) is 2. The SMILES string of the molecule is C[C@H]1CCCCN1c1ccc(NC(=S)NC(C)(C)C)cn1. The van der Waals surface area contributed by atoms with Crippen molar-refractivity contribution in [1.29, 1.82) is 0 Å². The smallest absolute Gasteiger partial charge is 0.171 e. The number of nitrogens with one attached hydrogen (secondary N) is 2. The molecule has 0 aromatic carbocycles. The standard InChI is InChI=1S/C16H26N4S/c1-12-7-5-6-10-20(12)14-9-8-13(11-17-14)18-15(21)19-16(2,3)4/h8-9,11-12H,5-7,10H2,1-4H3,(H2,18,19,21)/t12-/m0/s1. The van der Waals surface area contributed by atoms with Crippen LogP contribution in [-0.2, 0) is 0 Å². The molecule has 1 saturated heterocycles. The van der Waals surface area contributed by atoms with Crippen LogP contribution in [0.3, 0.4) is 0 Å². The minimum atomic E-state index is -0.0410. The Labute approximate surface area is 133 Å². The normalized spacial score (nSPS) is 19.2. The fourth-order valence-corrected chi connectivity index (χ4v) is 3.00. The van der Waals surface area contributed by atoms with Crippen LogP contribution >= 0.6 is 12.2 Å². The predicted octanol–water partition coefficient (Wildman–Crippen LogP) is 3.55. The van der Waals surface area contributed by atoms with Crippen molar-refractivity contribution in [2.75, 3.05) is 16.8 Å². The van der Waals surface area contributed by atoms with Gasteiger partial charge in [-0.25, -0.2) is 4.98 Å². The Bertz CT molecular complexity index is 478. The van der Waals surface area contributed by atoms with Crippen LogP contribution in [0.5, 0.6) is 0 Å². The van der Waals surface area contributed by atoms with Crippen LogP contribution in [0.2, 0.25) is 0 Å². The second kappa shape index (κ2) is 6.60. The van der Waals surface area contributed by atoms with E-state index in [2.05, 4.69) is 54.3 Å². The molecule has 2 N–H and O–H groups in total. The lowest BCUT2D eigenvalue weighted by Gasteiger charge is -2.34. The van der Waals surface area contributed by atoms with Crippen LogP contribution in [0, 0.1) is 0 Å². The third-order valence-electron chi connectivity index (χ3n) is 3.59. The molecule has 4 nitrogen and oxygen atoms in total. The van der Waals surface area contributed by atoms with E-state index in [1.54, 1.807) is 0 Å². The van der Waals surface area contributed by atoms with Gasteiger partial charge in [0.2, 0.25) is 0 Å². The maximum atomic E-state index is 5.30. The minimum absolute atomic E-state index is 0.0410. The molecule has 0 saturated carbocycles. The molecular formula is C16H26N4S. The summed E-state index contributed by atoms with van der Waals surface area (Å²) in [6, 6.07) is 4.69. The summed E-state index contributed by atoms with van der Waals surface area (Å²) < 4.78 is 0. The molecule has 21 heavy (non-hydrogen) atoms. The van der Waals surface area contributed by atoms with Gasteiger partial charge in [-0.3, -0.25) is 0 Å². The summed E-state index contributed by atoms with van der Waals surface area (Å²) in [6.07, 6.45) is 5.68. The second-order valence-corrected chi connectivity index (χ2v) is 7.18. The molecule has 1 atom stereocenters. The fraction of sp³-hybridized carbons (Fsp3) is 0.625. The summed E-state index contributed by atoms with van der Waals surface area (Å²) in [7, 11) is 0. The maximum Gasteiger partial charge on any atom is 0.171 e. The number of hydrogen-bond acceptors (Lipinski definition) is 3. The third-order valence-corrected chi connectivity index (χ3v) is 3.80. The molecule has 116 valence electrons. The van der Waals surface area contributed by atoms with E-state index < -0.39 is 0 Å². The van der Waals surface area contributed by atoms with Crippen LogP contribution in [0.1, 0.15) is 47.0 Å². The highest BCUT2D eigenvalue weighted by atomic mass is 32.1.